The molecule has 0 saturated carbocycles. The number of hydrogen-bond acceptors (Lipinski definition) is 5. The van der Waals surface area contributed by atoms with Crippen LogP contribution in [0.4, 0.5) is 0 Å². The number of likely N-dealkylation sites (N-methyl/N-ethyl adjacent to an activating group) is 1. The Labute approximate surface area is 110 Å². The summed E-state index contributed by atoms with van der Waals surface area (Å²) in [6.45, 7) is 5.75. The van der Waals surface area contributed by atoms with Gasteiger partial charge < -0.3 is 10.6 Å². The zero-order valence-electron chi connectivity index (χ0n) is 10.3. The summed E-state index contributed by atoms with van der Waals surface area (Å²) in [7, 11) is 1.68. The SMILES string of the molecule is CC(C)c1nnsc1C(=O)N(C)C(C)C(N)=S. The van der Waals surface area contributed by atoms with E-state index in [9.17, 15) is 4.79 Å². The molecule has 0 aliphatic rings. The summed E-state index contributed by atoms with van der Waals surface area (Å²) in [5.74, 6) is 0.0326. The molecule has 94 valence electrons. The molecule has 7 heteroatoms. The third-order valence-electron chi connectivity index (χ3n) is 2.57. The van der Waals surface area contributed by atoms with E-state index >= 15 is 0 Å². The van der Waals surface area contributed by atoms with Gasteiger partial charge in [-0.15, -0.1) is 5.10 Å². The molecule has 1 heterocycles. The molecule has 5 nitrogen and oxygen atoms in total. The maximum atomic E-state index is 12.2. The third-order valence-corrected chi connectivity index (χ3v) is 3.64. The molecule has 1 amide bonds. The van der Waals surface area contributed by atoms with Crippen molar-refractivity contribution in [3.05, 3.63) is 10.6 Å². The first-order valence-electron chi connectivity index (χ1n) is 5.25. The van der Waals surface area contributed by atoms with Crippen molar-refractivity contribution in [1.82, 2.24) is 14.5 Å². The fourth-order valence-corrected chi connectivity index (χ4v) is 2.21. The molecule has 0 fully saturated rings. The highest BCUT2D eigenvalue weighted by Gasteiger charge is 2.25. The first-order valence-corrected chi connectivity index (χ1v) is 6.43. The molecule has 0 saturated heterocycles. The first kappa shape index (κ1) is 14.0. The van der Waals surface area contributed by atoms with Crippen LogP contribution in [-0.4, -0.2) is 38.5 Å². The lowest BCUT2D eigenvalue weighted by atomic mass is 10.1. The smallest absolute Gasteiger partial charge is 0.267 e. The molecule has 2 N–H and O–H groups in total. The number of carbonyl (C=O) groups excluding carboxylic acids is 1. The summed E-state index contributed by atoms with van der Waals surface area (Å²) in [6, 6.07) is -0.278. The minimum absolute atomic E-state index is 0.135. The number of nitrogens with two attached hydrogens (primary N) is 1. The molecule has 17 heavy (non-hydrogen) atoms. The Morgan fingerprint density at radius 1 is 1.47 bits per heavy atom. The van der Waals surface area contributed by atoms with Crippen molar-refractivity contribution in [3.8, 4) is 0 Å². The van der Waals surface area contributed by atoms with E-state index in [1.54, 1.807) is 14.0 Å². The Bertz CT molecular complexity index is 430. The molecule has 1 rings (SSSR count). The van der Waals surface area contributed by atoms with Crippen molar-refractivity contribution >= 4 is 34.6 Å². The second-order valence-electron chi connectivity index (χ2n) is 4.14. The number of nitrogens with zero attached hydrogens (tertiary/aromatic N) is 3. The zero-order chi connectivity index (χ0) is 13.2. The third kappa shape index (κ3) is 2.98. The topological polar surface area (TPSA) is 72.1 Å². The Kier molecular flexibility index (Phi) is 4.53. The predicted molar refractivity (Wildman–Crippen MR) is 72.3 cm³/mol. The van der Waals surface area contributed by atoms with E-state index in [4.69, 9.17) is 18.0 Å². The lowest BCUT2D eigenvalue weighted by molar-refractivity contribution is 0.0782. The van der Waals surface area contributed by atoms with Gasteiger partial charge in [0.15, 0.2) is 0 Å². The Morgan fingerprint density at radius 3 is 2.53 bits per heavy atom. The van der Waals surface area contributed by atoms with Crippen molar-refractivity contribution in [3.63, 3.8) is 0 Å². The molecule has 1 aromatic heterocycles. The van der Waals surface area contributed by atoms with Gasteiger partial charge in [-0.2, -0.15) is 0 Å². The molecule has 1 unspecified atom stereocenters. The van der Waals surface area contributed by atoms with Crippen LogP contribution >= 0.6 is 23.8 Å². The Balaban J connectivity index is 2.96. The fraction of sp³-hybridized carbons (Fsp3) is 0.600. The van der Waals surface area contributed by atoms with Gasteiger partial charge in [0.2, 0.25) is 0 Å². The highest BCUT2D eigenvalue weighted by Crippen LogP contribution is 2.21. The van der Waals surface area contributed by atoms with Crippen LogP contribution in [0.5, 0.6) is 0 Å². The van der Waals surface area contributed by atoms with Crippen LogP contribution in [0.2, 0.25) is 0 Å². The monoisotopic (exact) mass is 272 g/mol. The van der Waals surface area contributed by atoms with Gasteiger partial charge in [-0.1, -0.05) is 30.6 Å². The Morgan fingerprint density at radius 2 is 2.06 bits per heavy atom. The minimum atomic E-state index is -0.278. The number of rotatable bonds is 4. The molecule has 0 radical (unpaired) electrons. The molecule has 1 aromatic rings. The molecule has 0 aliphatic carbocycles. The molecular weight excluding hydrogens is 256 g/mol. The summed E-state index contributed by atoms with van der Waals surface area (Å²) in [4.78, 5) is 14.6. The number of thiocarbonyl (C=S) groups is 1. The molecule has 0 bridgehead atoms. The van der Waals surface area contributed by atoms with E-state index in [1.807, 2.05) is 13.8 Å². The molecule has 0 spiro atoms. The molecular formula is C10H16N4OS2. The maximum Gasteiger partial charge on any atom is 0.267 e. The zero-order valence-corrected chi connectivity index (χ0v) is 11.9. The second kappa shape index (κ2) is 5.50. The van der Waals surface area contributed by atoms with Gasteiger partial charge in [-0.25, -0.2) is 0 Å². The van der Waals surface area contributed by atoms with Crippen molar-refractivity contribution in [2.75, 3.05) is 7.05 Å². The van der Waals surface area contributed by atoms with Crippen LogP contribution in [0.1, 0.15) is 42.1 Å². The largest absolute Gasteiger partial charge is 0.392 e. The molecule has 0 aromatic carbocycles. The van der Waals surface area contributed by atoms with Crippen molar-refractivity contribution in [1.29, 1.82) is 0 Å². The molecule has 1 atom stereocenters. The van der Waals surface area contributed by atoms with E-state index in [1.165, 1.54) is 4.90 Å². The van der Waals surface area contributed by atoms with Gasteiger partial charge in [0.05, 0.1) is 16.7 Å². The number of amides is 1. The Hall–Kier alpha value is -1.08. The van der Waals surface area contributed by atoms with Gasteiger partial charge in [-0.3, -0.25) is 4.79 Å². The number of aromatic nitrogens is 2. The van der Waals surface area contributed by atoms with Gasteiger partial charge >= 0.3 is 0 Å². The first-order chi connectivity index (χ1) is 7.86. The maximum absolute atomic E-state index is 12.2. The normalized spacial score (nSPS) is 12.5. The van der Waals surface area contributed by atoms with E-state index in [2.05, 4.69) is 9.59 Å². The van der Waals surface area contributed by atoms with Crippen LogP contribution in [0.25, 0.3) is 0 Å². The standard InChI is InChI=1S/C10H16N4OS2/c1-5(2)7-8(17-13-12-7)10(15)14(4)6(3)9(11)16/h5-6H,1-4H3,(H2,11,16). The number of hydrogen-bond donors (Lipinski definition) is 1. The van der Waals surface area contributed by atoms with Gasteiger partial charge in [-0.05, 0) is 24.4 Å². The van der Waals surface area contributed by atoms with E-state index < -0.39 is 0 Å². The summed E-state index contributed by atoms with van der Waals surface area (Å²) in [5.41, 5.74) is 6.26. The van der Waals surface area contributed by atoms with E-state index in [-0.39, 0.29) is 17.9 Å². The van der Waals surface area contributed by atoms with E-state index in [0.717, 1.165) is 17.2 Å². The van der Waals surface area contributed by atoms with Crippen LogP contribution in [0.15, 0.2) is 0 Å². The fourth-order valence-electron chi connectivity index (χ4n) is 1.25. The second-order valence-corrected chi connectivity index (χ2v) is 5.36. The lowest BCUT2D eigenvalue weighted by Crippen LogP contribution is -2.42. The van der Waals surface area contributed by atoms with Crippen LogP contribution < -0.4 is 5.73 Å². The number of carbonyl (C=O) groups is 1. The minimum Gasteiger partial charge on any atom is -0.392 e. The molecule has 0 aliphatic heterocycles. The van der Waals surface area contributed by atoms with Crippen LogP contribution in [0.3, 0.4) is 0 Å². The average Bonchev–Trinajstić information content (AvgIpc) is 2.74. The van der Waals surface area contributed by atoms with Crippen molar-refractivity contribution in [2.45, 2.75) is 32.7 Å². The highest BCUT2D eigenvalue weighted by atomic mass is 32.1. The quantitative estimate of drug-likeness (QED) is 0.839. The van der Waals surface area contributed by atoms with Gasteiger partial charge in [0.1, 0.15) is 4.88 Å². The van der Waals surface area contributed by atoms with Crippen LogP contribution in [-0.2, 0) is 0 Å². The lowest BCUT2D eigenvalue weighted by Gasteiger charge is -2.23. The van der Waals surface area contributed by atoms with Crippen molar-refractivity contribution in [2.24, 2.45) is 5.73 Å². The summed E-state index contributed by atoms with van der Waals surface area (Å²) in [5, 5.41) is 3.98. The summed E-state index contributed by atoms with van der Waals surface area (Å²) >= 11 is 5.99. The van der Waals surface area contributed by atoms with E-state index in [0.29, 0.717) is 9.87 Å². The van der Waals surface area contributed by atoms with Gasteiger partial charge in [0.25, 0.3) is 5.91 Å². The van der Waals surface area contributed by atoms with Crippen LogP contribution in [0, 0.1) is 0 Å². The highest BCUT2D eigenvalue weighted by molar-refractivity contribution is 7.80. The average molecular weight is 272 g/mol. The van der Waals surface area contributed by atoms with Gasteiger partial charge in [0, 0.05) is 7.05 Å². The summed E-state index contributed by atoms with van der Waals surface area (Å²) in [6.07, 6.45) is 0. The summed E-state index contributed by atoms with van der Waals surface area (Å²) < 4.78 is 3.83. The predicted octanol–water partition coefficient (Wildman–Crippen LogP) is 1.41. The van der Waals surface area contributed by atoms with Crippen molar-refractivity contribution < 1.29 is 4.79 Å².